The maximum Gasteiger partial charge on any atom is 0.140 e. The first-order valence-electron chi connectivity index (χ1n) is 3.55. The van der Waals surface area contributed by atoms with E-state index >= 15 is 0 Å². The molecule has 0 saturated carbocycles. The summed E-state index contributed by atoms with van der Waals surface area (Å²) in [6.07, 6.45) is 1.36. The molecule has 0 N–H and O–H groups in total. The lowest BCUT2D eigenvalue weighted by Crippen LogP contribution is -1.86. The zero-order valence-corrected chi connectivity index (χ0v) is 10.4. The summed E-state index contributed by atoms with van der Waals surface area (Å²) < 4.78 is 0.614. The van der Waals surface area contributed by atoms with Crippen LogP contribution < -0.4 is 0 Å². The Morgan fingerprint density at radius 3 is 2.57 bits per heavy atom. The molecular formula is C8H2BrCl3N2. The van der Waals surface area contributed by atoms with E-state index in [1.54, 1.807) is 6.07 Å². The molecule has 0 bridgehead atoms. The second-order valence-corrected chi connectivity index (χ2v) is 4.48. The molecule has 0 aliphatic carbocycles. The van der Waals surface area contributed by atoms with Crippen LogP contribution in [-0.4, -0.2) is 9.97 Å². The van der Waals surface area contributed by atoms with E-state index in [4.69, 9.17) is 34.8 Å². The van der Waals surface area contributed by atoms with Gasteiger partial charge >= 0.3 is 0 Å². The van der Waals surface area contributed by atoms with E-state index in [1.807, 2.05) is 0 Å². The summed E-state index contributed by atoms with van der Waals surface area (Å²) in [6.45, 7) is 0. The first-order chi connectivity index (χ1) is 6.61. The van der Waals surface area contributed by atoms with Gasteiger partial charge in [-0.05, 0) is 22.0 Å². The molecule has 2 rings (SSSR count). The van der Waals surface area contributed by atoms with Crippen LogP contribution in [0.4, 0.5) is 0 Å². The van der Waals surface area contributed by atoms with Gasteiger partial charge in [-0.15, -0.1) is 0 Å². The van der Waals surface area contributed by atoms with E-state index in [9.17, 15) is 0 Å². The Morgan fingerprint density at radius 1 is 1.14 bits per heavy atom. The predicted octanol–water partition coefficient (Wildman–Crippen LogP) is 4.35. The molecule has 1 aromatic carbocycles. The minimum absolute atomic E-state index is 0.339. The van der Waals surface area contributed by atoms with Gasteiger partial charge in [-0.2, -0.15) is 0 Å². The molecule has 0 fully saturated rings. The van der Waals surface area contributed by atoms with Gasteiger partial charge in [0.25, 0.3) is 0 Å². The number of aromatic nitrogens is 2. The Kier molecular flexibility index (Phi) is 2.84. The number of benzene rings is 1. The van der Waals surface area contributed by atoms with Gasteiger partial charge in [0.15, 0.2) is 0 Å². The molecule has 14 heavy (non-hydrogen) atoms. The highest BCUT2D eigenvalue weighted by atomic mass is 79.9. The van der Waals surface area contributed by atoms with Crippen LogP contribution in [0.15, 0.2) is 16.9 Å². The van der Waals surface area contributed by atoms with Crippen molar-refractivity contribution in [3.8, 4) is 0 Å². The molecule has 0 aliphatic heterocycles. The maximum atomic E-state index is 6.02. The highest BCUT2D eigenvalue weighted by Crippen LogP contribution is 2.37. The second-order valence-electron chi connectivity index (χ2n) is 2.55. The van der Waals surface area contributed by atoms with E-state index in [0.29, 0.717) is 30.6 Å². The first kappa shape index (κ1) is 10.4. The molecule has 1 aromatic heterocycles. The molecule has 0 radical (unpaired) electrons. The maximum absolute atomic E-state index is 6.02. The van der Waals surface area contributed by atoms with E-state index < -0.39 is 0 Å². The average molecular weight is 312 g/mol. The van der Waals surface area contributed by atoms with Crippen LogP contribution in [0.25, 0.3) is 10.9 Å². The second kappa shape index (κ2) is 3.81. The monoisotopic (exact) mass is 310 g/mol. The Bertz CT molecular complexity index is 515. The smallest absolute Gasteiger partial charge is 0.140 e. The summed E-state index contributed by atoms with van der Waals surface area (Å²) in [7, 11) is 0. The van der Waals surface area contributed by atoms with Crippen LogP contribution in [0.3, 0.4) is 0 Å². The van der Waals surface area contributed by atoms with Crippen molar-refractivity contribution in [2.75, 3.05) is 0 Å². The fraction of sp³-hybridized carbons (Fsp3) is 0. The van der Waals surface area contributed by atoms with Crippen LogP contribution in [0.5, 0.6) is 0 Å². The Morgan fingerprint density at radius 2 is 1.86 bits per heavy atom. The van der Waals surface area contributed by atoms with Crippen molar-refractivity contribution in [2.45, 2.75) is 0 Å². The van der Waals surface area contributed by atoms with Gasteiger partial charge < -0.3 is 0 Å². The number of halogens is 4. The third kappa shape index (κ3) is 1.58. The van der Waals surface area contributed by atoms with Gasteiger partial charge in [0.1, 0.15) is 11.5 Å². The molecule has 0 aliphatic rings. The topological polar surface area (TPSA) is 25.8 Å². The predicted molar refractivity (Wildman–Crippen MR) is 62.3 cm³/mol. The molecule has 0 saturated heterocycles. The Hall–Kier alpha value is -0.0900. The van der Waals surface area contributed by atoms with Gasteiger partial charge in [-0.25, -0.2) is 9.97 Å². The number of fused-ring (bicyclic) bond motifs is 1. The van der Waals surface area contributed by atoms with Crippen molar-refractivity contribution in [3.63, 3.8) is 0 Å². The van der Waals surface area contributed by atoms with Crippen LogP contribution in [0, 0.1) is 0 Å². The lowest BCUT2D eigenvalue weighted by atomic mass is 10.2. The molecule has 2 aromatic rings. The first-order valence-corrected chi connectivity index (χ1v) is 5.47. The normalized spacial score (nSPS) is 10.9. The molecule has 2 nitrogen and oxygen atoms in total. The largest absolute Gasteiger partial charge is 0.235 e. The number of hydrogen-bond donors (Lipinski definition) is 0. The summed E-state index contributed by atoms with van der Waals surface area (Å²) >= 11 is 21.1. The summed E-state index contributed by atoms with van der Waals surface area (Å²) in [5.41, 5.74) is 0.586. The van der Waals surface area contributed by atoms with E-state index in [1.165, 1.54) is 6.33 Å². The number of hydrogen-bond acceptors (Lipinski definition) is 2. The van der Waals surface area contributed by atoms with Gasteiger partial charge in [-0.1, -0.05) is 34.8 Å². The fourth-order valence-electron chi connectivity index (χ4n) is 1.08. The van der Waals surface area contributed by atoms with Crippen molar-refractivity contribution >= 4 is 61.6 Å². The molecule has 0 spiro atoms. The highest BCUT2D eigenvalue weighted by molar-refractivity contribution is 9.10. The summed E-state index contributed by atoms with van der Waals surface area (Å²) in [5, 5.41) is 1.91. The summed E-state index contributed by atoms with van der Waals surface area (Å²) in [5.74, 6) is 0. The van der Waals surface area contributed by atoms with Crippen molar-refractivity contribution in [1.29, 1.82) is 0 Å². The minimum atomic E-state index is 0.339. The van der Waals surface area contributed by atoms with Gasteiger partial charge in [0.2, 0.25) is 0 Å². The van der Waals surface area contributed by atoms with Crippen LogP contribution in [0.2, 0.25) is 15.2 Å². The van der Waals surface area contributed by atoms with Crippen molar-refractivity contribution in [1.82, 2.24) is 9.97 Å². The lowest BCUT2D eigenvalue weighted by molar-refractivity contribution is 1.22. The van der Waals surface area contributed by atoms with Crippen LogP contribution >= 0.6 is 50.7 Å². The summed E-state index contributed by atoms with van der Waals surface area (Å²) in [4.78, 5) is 7.87. The van der Waals surface area contributed by atoms with Crippen LogP contribution in [-0.2, 0) is 0 Å². The van der Waals surface area contributed by atoms with Crippen molar-refractivity contribution < 1.29 is 0 Å². The van der Waals surface area contributed by atoms with Crippen molar-refractivity contribution in [2.24, 2.45) is 0 Å². The SMILES string of the molecule is Clc1cc2c(Cl)ncnc2c(Cl)c1Br. The van der Waals surface area contributed by atoms with Crippen LogP contribution in [0.1, 0.15) is 0 Å². The zero-order valence-electron chi connectivity index (χ0n) is 6.56. The number of rotatable bonds is 0. The standard InChI is InChI=1S/C8H2BrCl3N2/c9-5-4(10)1-3-7(6(5)11)13-2-14-8(3)12/h1-2H. The molecule has 72 valence electrons. The molecule has 0 unspecified atom stereocenters. The molecule has 0 atom stereocenters. The van der Waals surface area contributed by atoms with Crippen molar-refractivity contribution in [3.05, 3.63) is 32.1 Å². The van der Waals surface area contributed by atoms with E-state index in [-0.39, 0.29) is 0 Å². The molecule has 6 heteroatoms. The third-order valence-corrected chi connectivity index (χ3v) is 3.96. The molecule has 1 heterocycles. The third-order valence-electron chi connectivity index (χ3n) is 1.72. The summed E-state index contributed by atoms with van der Waals surface area (Å²) in [6, 6.07) is 1.68. The highest BCUT2D eigenvalue weighted by Gasteiger charge is 2.11. The van der Waals surface area contributed by atoms with Gasteiger partial charge in [-0.3, -0.25) is 0 Å². The molecule has 0 amide bonds. The Labute approximate surface area is 103 Å². The van der Waals surface area contributed by atoms with E-state index in [2.05, 4.69) is 25.9 Å². The molecular weight excluding hydrogens is 310 g/mol. The Balaban J connectivity index is 2.98. The quantitative estimate of drug-likeness (QED) is 0.534. The van der Waals surface area contributed by atoms with Gasteiger partial charge in [0, 0.05) is 5.39 Å². The minimum Gasteiger partial charge on any atom is -0.235 e. The zero-order chi connectivity index (χ0) is 10.3. The lowest BCUT2D eigenvalue weighted by Gasteiger charge is -2.04. The fourth-order valence-corrected chi connectivity index (χ4v) is 2.07. The van der Waals surface area contributed by atoms with Gasteiger partial charge in [0.05, 0.1) is 20.0 Å². The number of nitrogens with zero attached hydrogens (tertiary/aromatic N) is 2. The average Bonchev–Trinajstić information content (AvgIpc) is 2.17. The van der Waals surface area contributed by atoms with E-state index in [0.717, 1.165) is 0 Å².